The van der Waals surface area contributed by atoms with Crippen molar-refractivity contribution in [1.29, 1.82) is 0 Å². The fourth-order valence-electron chi connectivity index (χ4n) is 2.05. The van der Waals surface area contributed by atoms with Crippen LogP contribution in [0, 0.1) is 0 Å². The molecule has 1 atom stereocenters. The van der Waals surface area contributed by atoms with Crippen LogP contribution in [0.25, 0.3) is 0 Å². The SMILES string of the molecule is COP(O)Oc1c(CN)cc(C(C)(C)C)cc1C(C)(C)C. The third kappa shape index (κ3) is 4.65. The van der Waals surface area contributed by atoms with Crippen LogP contribution in [0.2, 0.25) is 0 Å². The van der Waals surface area contributed by atoms with Gasteiger partial charge in [0.2, 0.25) is 0 Å². The van der Waals surface area contributed by atoms with Crippen molar-refractivity contribution < 1.29 is 13.9 Å². The van der Waals surface area contributed by atoms with Crippen molar-refractivity contribution in [1.82, 2.24) is 0 Å². The molecule has 1 unspecified atom stereocenters. The summed E-state index contributed by atoms with van der Waals surface area (Å²) in [6.07, 6.45) is 0. The zero-order chi connectivity index (χ0) is 16.4. The Bertz CT molecular complexity index is 490. The van der Waals surface area contributed by atoms with Gasteiger partial charge >= 0.3 is 8.60 Å². The van der Waals surface area contributed by atoms with Gasteiger partial charge in [-0.25, -0.2) is 0 Å². The van der Waals surface area contributed by atoms with Crippen LogP contribution in [0.4, 0.5) is 0 Å². The van der Waals surface area contributed by atoms with Gasteiger partial charge in [0.05, 0.1) is 0 Å². The van der Waals surface area contributed by atoms with Crippen molar-refractivity contribution in [2.75, 3.05) is 7.11 Å². The fourth-order valence-corrected chi connectivity index (χ4v) is 2.50. The first-order chi connectivity index (χ1) is 9.50. The molecule has 4 nitrogen and oxygen atoms in total. The number of nitrogens with two attached hydrogens (primary N) is 1. The predicted molar refractivity (Wildman–Crippen MR) is 88.5 cm³/mol. The first-order valence-electron chi connectivity index (χ1n) is 7.09. The standard InChI is InChI=1S/C16H28NO3P/c1-15(2,3)12-8-11(10-17)14(20-21(18)19-7)13(9-12)16(4,5)6/h8-9,18H,10,17H2,1-7H3. The molecule has 0 aromatic heterocycles. The Labute approximate surface area is 129 Å². The highest BCUT2D eigenvalue weighted by Gasteiger charge is 2.27. The number of hydrogen-bond acceptors (Lipinski definition) is 4. The minimum Gasteiger partial charge on any atom is -0.426 e. The second-order valence-corrected chi connectivity index (χ2v) is 8.25. The van der Waals surface area contributed by atoms with E-state index in [1.54, 1.807) is 0 Å². The Morgan fingerprint density at radius 3 is 2.05 bits per heavy atom. The summed E-state index contributed by atoms with van der Waals surface area (Å²) in [7, 11) is -0.508. The molecule has 1 aromatic carbocycles. The first kappa shape index (κ1) is 18.4. The van der Waals surface area contributed by atoms with Crippen molar-refractivity contribution >= 4 is 8.60 Å². The summed E-state index contributed by atoms with van der Waals surface area (Å²) >= 11 is 0. The van der Waals surface area contributed by atoms with Crippen LogP contribution in [-0.4, -0.2) is 12.0 Å². The van der Waals surface area contributed by atoms with Crippen LogP contribution >= 0.6 is 8.60 Å². The van der Waals surface area contributed by atoms with Crippen molar-refractivity contribution in [3.05, 3.63) is 28.8 Å². The van der Waals surface area contributed by atoms with Gasteiger partial charge in [-0.1, -0.05) is 53.7 Å². The molecular formula is C16H28NO3P. The van der Waals surface area contributed by atoms with E-state index in [2.05, 4.69) is 53.7 Å². The lowest BCUT2D eigenvalue weighted by atomic mass is 9.79. The van der Waals surface area contributed by atoms with Gasteiger partial charge in [0.15, 0.2) is 0 Å². The lowest BCUT2D eigenvalue weighted by Gasteiger charge is -2.29. The van der Waals surface area contributed by atoms with E-state index in [1.807, 2.05) is 0 Å². The van der Waals surface area contributed by atoms with E-state index in [0.29, 0.717) is 12.3 Å². The summed E-state index contributed by atoms with van der Waals surface area (Å²) in [4.78, 5) is 9.73. The molecule has 0 aliphatic rings. The number of benzene rings is 1. The molecule has 3 N–H and O–H groups in total. The molecule has 0 aliphatic heterocycles. The van der Waals surface area contributed by atoms with Gasteiger partial charge in [0, 0.05) is 24.8 Å². The Balaban J connectivity index is 3.53. The van der Waals surface area contributed by atoms with Gasteiger partial charge in [-0.05, 0) is 16.4 Å². The van der Waals surface area contributed by atoms with Crippen LogP contribution < -0.4 is 10.3 Å². The number of hydrogen-bond donors (Lipinski definition) is 2. The largest absolute Gasteiger partial charge is 0.426 e. The van der Waals surface area contributed by atoms with Crippen molar-refractivity contribution in [3.63, 3.8) is 0 Å². The van der Waals surface area contributed by atoms with Crippen LogP contribution in [0.1, 0.15) is 58.2 Å². The molecule has 21 heavy (non-hydrogen) atoms. The van der Waals surface area contributed by atoms with Gasteiger partial charge in [0.25, 0.3) is 0 Å². The van der Waals surface area contributed by atoms with Crippen molar-refractivity contribution in [2.45, 2.75) is 58.9 Å². The third-order valence-corrected chi connectivity index (χ3v) is 4.04. The van der Waals surface area contributed by atoms with Crippen LogP contribution in [0.15, 0.2) is 12.1 Å². The molecule has 0 bridgehead atoms. The maximum atomic E-state index is 9.73. The lowest BCUT2D eigenvalue weighted by Crippen LogP contribution is -2.19. The van der Waals surface area contributed by atoms with E-state index in [-0.39, 0.29) is 10.8 Å². The second kappa shape index (κ2) is 6.62. The van der Waals surface area contributed by atoms with Gasteiger partial charge in [0.1, 0.15) is 5.75 Å². The van der Waals surface area contributed by atoms with E-state index >= 15 is 0 Å². The van der Waals surface area contributed by atoms with Crippen molar-refractivity contribution in [3.8, 4) is 5.75 Å². The lowest BCUT2D eigenvalue weighted by molar-refractivity contribution is 0.313. The summed E-state index contributed by atoms with van der Waals surface area (Å²) < 4.78 is 10.5. The molecule has 0 radical (unpaired) electrons. The Morgan fingerprint density at radius 1 is 1.10 bits per heavy atom. The van der Waals surface area contributed by atoms with Crippen molar-refractivity contribution in [2.24, 2.45) is 5.73 Å². The monoisotopic (exact) mass is 313 g/mol. The normalized spacial score (nSPS) is 14.1. The van der Waals surface area contributed by atoms with E-state index in [9.17, 15) is 4.89 Å². The molecule has 0 heterocycles. The smallest absolute Gasteiger partial charge is 0.394 e. The number of rotatable bonds is 4. The zero-order valence-electron chi connectivity index (χ0n) is 14.2. The second-order valence-electron chi connectivity index (χ2n) is 7.23. The maximum Gasteiger partial charge on any atom is 0.394 e. The van der Waals surface area contributed by atoms with Crippen LogP contribution in [-0.2, 0) is 21.9 Å². The molecule has 5 heteroatoms. The molecule has 0 fully saturated rings. The summed E-state index contributed by atoms with van der Waals surface area (Å²) in [5, 5.41) is 0. The van der Waals surface area contributed by atoms with Gasteiger partial charge in [-0.2, -0.15) is 0 Å². The molecule has 1 rings (SSSR count). The Hall–Kier alpha value is -0.670. The van der Waals surface area contributed by atoms with Crippen LogP contribution in [0.3, 0.4) is 0 Å². The minimum absolute atomic E-state index is 0.0215. The predicted octanol–water partition coefficient (Wildman–Crippen LogP) is 3.98. The highest BCUT2D eigenvalue weighted by Crippen LogP contribution is 2.43. The van der Waals surface area contributed by atoms with Gasteiger partial charge in [-0.15, -0.1) is 0 Å². The van der Waals surface area contributed by atoms with E-state index in [4.69, 9.17) is 14.8 Å². The topological polar surface area (TPSA) is 64.7 Å². The average molecular weight is 313 g/mol. The Morgan fingerprint density at radius 2 is 1.67 bits per heavy atom. The maximum absolute atomic E-state index is 9.73. The molecule has 120 valence electrons. The van der Waals surface area contributed by atoms with Crippen LogP contribution in [0.5, 0.6) is 5.75 Å². The zero-order valence-corrected chi connectivity index (χ0v) is 15.0. The van der Waals surface area contributed by atoms with Gasteiger partial charge < -0.3 is 19.7 Å². The molecule has 0 spiro atoms. The van der Waals surface area contributed by atoms with E-state index in [1.165, 1.54) is 12.7 Å². The molecule has 0 amide bonds. The summed E-state index contributed by atoms with van der Waals surface area (Å²) in [5.74, 6) is 0.647. The molecular weight excluding hydrogens is 285 g/mol. The highest BCUT2D eigenvalue weighted by molar-refractivity contribution is 7.41. The minimum atomic E-state index is -1.93. The average Bonchev–Trinajstić information content (AvgIpc) is 2.35. The third-order valence-electron chi connectivity index (χ3n) is 3.39. The fraction of sp³-hybridized carbons (Fsp3) is 0.625. The summed E-state index contributed by atoms with van der Waals surface area (Å²) in [6, 6.07) is 4.21. The summed E-state index contributed by atoms with van der Waals surface area (Å²) in [6.45, 7) is 13.2. The first-order valence-corrected chi connectivity index (χ1v) is 8.22. The molecule has 1 aromatic rings. The van der Waals surface area contributed by atoms with E-state index in [0.717, 1.165) is 11.1 Å². The van der Waals surface area contributed by atoms with Gasteiger partial charge in [-0.3, -0.25) is 0 Å². The molecule has 0 saturated carbocycles. The molecule has 0 aliphatic carbocycles. The summed E-state index contributed by atoms with van der Waals surface area (Å²) in [5.41, 5.74) is 8.94. The quantitative estimate of drug-likeness (QED) is 0.825. The van der Waals surface area contributed by atoms with E-state index < -0.39 is 8.60 Å². The Kier molecular flexibility index (Phi) is 5.79. The molecule has 0 saturated heterocycles. The highest BCUT2D eigenvalue weighted by atomic mass is 31.2.